The molecule has 0 saturated heterocycles. The molecule has 2 aromatic rings. The molecule has 0 aliphatic carbocycles. The van der Waals surface area contributed by atoms with Gasteiger partial charge in [0.05, 0.1) is 0 Å². The Kier molecular flexibility index (Phi) is 3.11. The summed E-state index contributed by atoms with van der Waals surface area (Å²) in [5.41, 5.74) is 3.02. The molecule has 112 valence electrons. The average molecular weight is 297 g/mol. The Morgan fingerprint density at radius 2 is 1.95 bits per heavy atom. The van der Waals surface area contributed by atoms with Gasteiger partial charge in [0, 0.05) is 12.1 Å². The van der Waals surface area contributed by atoms with Crippen molar-refractivity contribution >= 4 is 11.6 Å². The number of nitrogens with one attached hydrogen (secondary N) is 1. The molecule has 0 radical (unpaired) electrons. The van der Waals surface area contributed by atoms with Crippen molar-refractivity contribution in [1.82, 2.24) is 0 Å². The number of anilines is 1. The quantitative estimate of drug-likeness (QED) is 0.946. The van der Waals surface area contributed by atoms with E-state index in [1.165, 1.54) is 0 Å². The summed E-state index contributed by atoms with van der Waals surface area (Å²) in [5, 5.41) is 2.86. The van der Waals surface area contributed by atoms with Crippen LogP contribution < -0.4 is 19.5 Å². The molecule has 0 unspecified atom stereocenters. The number of aryl methyl sites for hydroxylation is 1. The molecule has 2 aliphatic rings. The number of benzene rings is 2. The topological polar surface area (TPSA) is 56.8 Å². The maximum atomic E-state index is 11.3. The Balaban J connectivity index is 1.47. The molecule has 2 aromatic carbocycles. The van der Waals surface area contributed by atoms with Crippen LogP contribution >= 0.6 is 0 Å². The third-order valence-corrected chi connectivity index (χ3v) is 3.81. The largest absolute Gasteiger partial charge is 0.489 e. The average Bonchev–Trinajstić information content (AvgIpc) is 3.00. The van der Waals surface area contributed by atoms with Crippen LogP contribution in [-0.4, -0.2) is 12.7 Å². The van der Waals surface area contributed by atoms with Gasteiger partial charge in [-0.25, -0.2) is 0 Å². The Bertz CT molecular complexity index is 741. The number of hydrogen-bond donors (Lipinski definition) is 1. The van der Waals surface area contributed by atoms with Gasteiger partial charge >= 0.3 is 0 Å². The Morgan fingerprint density at radius 1 is 1.05 bits per heavy atom. The van der Waals surface area contributed by atoms with Gasteiger partial charge in [0.15, 0.2) is 11.5 Å². The molecule has 1 N–H and O–H groups in total. The maximum Gasteiger partial charge on any atom is 0.231 e. The molecule has 5 nitrogen and oxygen atoms in total. The molecule has 0 bridgehead atoms. The van der Waals surface area contributed by atoms with E-state index in [1.807, 2.05) is 36.4 Å². The highest BCUT2D eigenvalue weighted by Crippen LogP contribution is 2.33. The smallest absolute Gasteiger partial charge is 0.231 e. The SMILES string of the molecule is O=C1CCc2cc(OCc3ccc4c(c3)OCO4)ccc2N1. The lowest BCUT2D eigenvalue weighted by Gasteiger charge is -2.17. The van der Waals surface area contributed by atoms with Crippen LogP contribution in [0.5, 0.6) is 17.2 Å². The van der Waals surface area contributed by atoms with Crippen molar-refractivity contribution in [3.8, 4) is 17.2 Å². The van der Waals surface area contributed by atoms with Crippen LogP contribution in [0.4, 0.5) is 5.69 Å². The second-order valence-electron chi connectivity index (χ2n) is 5.34. The van der Waals surface area contributed by atoms with E-state index in [1.54, 1.807) is 0 Å². The molecule has 0 fully saturated rings. The lowest BCUT2D eigenvalue weighted by atomic mass is 10.0. The molecular formula is C17H15NO4. The van der Waals surface area contributed by atoms with E-state index >= 15 is 0 Å². The zero-order valence-corrected chi connectivity index (χ0v) is 11.9. The summed E-state index contributed by atoms with van der Waals surface area (Å²) in [6, 6.07) is 11.5. The first-order valence-electron chi connectivity index (χ1n) is 7.22. The highest BCUT2D eigenvalue weighted by molar-refractivity contribution is 5.93. The van der Waals surface area contributed by atoms with Crippen molar-refractivity contribution in [1.29, 1.82) is 0 Å². The van der Waals surface area contributed by atoms with E-state index in [0.29, 0.717) is 13.0 Å². The third-order valence-electron chi connectivity index (χ3n) is 3.81. The standard InChI is InChI=1S/C17H15NO4/c19-17-6-2-12-8-13(3-4-14(12)18-17)20-9-11-1-5-15-16(7-11)22-10-21-15/h1,3-5,7-8H,2,6,9-10H2,(H,18,19). The molecule has 0 atom stereocenters. The molecule has 2 heterocycles. The van der Waals surface area contributed by atoms with Crippen LogP contribution in [0.15, 0.2) is 36.4 Å². The molecule has 0 spiro atoms. The first-order chi connectivity index (χ1) is 10.8. The minimum absolute atomic E-state index is 0.0709. The highest BCUT2D eigenvalue weighted by atomic mass is 16.7. The maximum absolute atomic E-state index is 11.3. The lowest BCUT2D eigenvalue weighted by Crippen LogP contribution is -2.18. The van der Waals surface area contributed by atoms with Crippen LogP contribution in [-0.2, 0) is 17.8 Å². The van der Waals surface area contributed by atoms with E-state index in [-0.39, 0.29) is 12.7 Å². The monoisotopic (exact) mass is 297 g/mol. The van der Waals surface area contributed by atoms with Gasteiger partial charge in [-0.1, -0.05) is 6.07 Å². The number of hydrogen-bond acceptors (Lipinski definition) is 4. The first kappa shape index (κ1) is 13.0. The van der Waals surface area contributed by atoms with Gasteiger partial charge in [-0.3, -0.25) is 4.79 Å². The zero-order chi connectivity index (χ0) is 14.9. The van der Waals surface area contributed by atoms with Gasteiger partial charge in [-0.05, 0) is 47.9 Å². The second-order valence-corrected chi connectivity index (χ2v) is 5.34. The van der Waals surface area contributed by atoms with Crippen molar-refractivity contribution in [3.63, 3.8) is 0 Å². The van der Waals surface area contributed by atoms with Gasteiger partial charge in [0.2, 0.25) is 12.7 Å². The van der Waals surface area contributed by atoms with E-state index in [9.17, 15) is 4.79 Å². The Morgan fingerprint density at radius 3 is 2.91 bits per heavy atom. The fourth-order valence-electron chi connectivity index (χ4n) is 2.65. The predicted molar refractivity (Wildman–Crippen MR) is 80.3 cm³/mol. The molecular weight excluding hydrogens is 282 g/mol. The molecule has 0 aromatic heterocycles. The van der Waals surface area contributed by atoms with Gasteiger partial charge in [0.25, 0.3) is 0 Å². The van der Waals surface area contributed by atoms with Crippen LogP contribution in [0, 0.1) is 0 Å². The van der Waals surface area contributed by atoms with Crippen molar-refractivity contribution in [2.75, 3.05) is 12.1 Å². The van der Waals surface area contributed by atoms with E-state index < -0.39 is 0 Å². The van der Waals surface area contributed by atoms with E-state index in [4.69, 9.17) is 14.2 Å². The Hall–Kier alpha value is -2.69. The van der Waals surface area contributed by atoms with Crippen molar-refractivity contribution in [2.24, 2.45) is 0 Å². The summed E-state index contributed by atoms with van der Waals surface area (Å²) in [6.45, 7) is 0.734. The number of ether oxygens (including phenoxy) is 3. The zero-order valence-electron chi connectivity index (χ0n) is 11.9. The summed E-state index contributed by atoms with van der Waals surface area (Å²) in [4.78, 5) is 11.3. The number of carbonyl (C=O) groups excluding carboxylic acids is 1. The van der Waals surface area contributed by atoms with E-state index in [0.717, 1.165) is 40.5 Å². The molecule has 2 aliphatic heterocycles. The molecule has 1 amide bonds. The molecule has 4 rings (SSSR count). The molecule has 5 heteroatoms. The fraction of sp³-hybridized carbons (Fsp3) is 0.235. The molecule has 0 saturated carbocycles. The van der Waals surface area contributed by atoms with Gasteiger partial charge in [-0.2, -0.15) is 0 Å². The number of amides is 1. The minimum Gasteiger partial charge on any atom is -0.489 e. The second kappa shape index (κ2) is 5.26. The van der Waals surface area contributed by atoms with Crippen LogP contribution in [0.25, 0.3) is 0 Å². The number of fused-ring (bicyclic) bond motifs is 2. The van der Waals surface area contributed by atoms with Crippen molar-refractivity contribution in [3.05, 3.63) is 47.5 Å². The van der Waals surface area contributed by atoms with Gasteiger partial charge in [0.1, 0.15) is 12.4 Å². The van der Waals surface area contributed by atoms with Crippen LogP contribution in [0.3, 0.4) is 0 Å². The van der Waals surface area contributed by atoms with Crippen molar-refractivity contribution < 1.29 is 19.0 Å². The number of rotatable bonds is 3. The Labute approximate surface area is 127 Å². The van der Waals surface area contributed by atoms with Crippen molar-refractivity contribution in [2.45, 2.75) is 19.4 Å². The summed E-state index contributed by atoms with van der Waals surface area (Å²) in [5.74, 6) is 2.40. The minimum atomic E-state index is 0.0709. The van der Waals surface area contributed by atoms with Gasteiger partial charge < -0.3 is 19.5 Å². The normalized spacial score (nSPS) is 15.2. The highest BCUT2D eigenvalue weighted by Gasteiger charge is 2.16. The number of carbonyl (C=O) groups is 1. The lowest BCUT2D eigenvalue weighted by molar-refractivity contribution is -0.116. The summed E-state index contributed by atoms with van der Waals surface area (Å²) >= 11 is 0. The molecule has 22 heavy (non-hydrogen) atoms. The van der Waals surface area contributed by atoms with Gasteiger partial charge in [-0.15, -0.1) is 0 Å². The fourth-order valence-corrected chi connectivity index (χ4v) is 2.65. The predicted octanol–water partition coefficient (Wildman–Crippen LogP) is 2.88. The van der Waals surface area contributed by atoms with E-state index in [2.05, 4.69) is 5.32 Å². The first-order valence-corrected chi connectivity index (χ1v) is 7.22. The third kappa shape index (κ3) is 2.45. The summed E-state index contributed by atoms with van der Waals surface area (Å²) < 4.78 is 16.5. The van der Waals surface area contributed by atoms with Crippen LogP contribution in [0.2, 0.25) is 0 Å². The summed E-state index contributed by atoms with van der Waals surface area (Å²) in [7, 11) is 0. The summed E-state index contributed by atoms with van der Waals surface area (Å²) in [6.07, 6.45) is 1.28. The van der Waals surface area contributed by atoms with Crippen LogP contribution in [0.1, 0.15) is 17.5 Å².